The van der Waals surface area contributed by atoms with Crippen molar-refractivity contribution in [1.82, 2.24) is 10.2 Å². The summed E-state index contributed by atoms with van der Waals surface area (Å²) in [7, 11) is 0. The van der Waals surface area contributed by atoms with Crippen LogP contribution in [-0.4, -0.2) is 47.8 Å². The molecule has 114 valence electrons. The molecular formula is C16H22N2O3. The van der Waals surface area contributed by atoms with Crippen molar-refractivity contribution in [3.63, 3.8) is 0 Å². The van der Waals surface area contributed by atoms with E-state index in [0.29, 0.717) is 13.1 Å². The number of hydrogen-bond acceptors (Lipinski definition) is 4. The molecule has 21 heavy (non-hydrogen) atoms. The summed E-state index contributed by atoms with van der Waals surface area (Å²) in [6.45, 7) is 3.39. The van der Waals surface area contributed by atoms with Gasteiger partial charge in [0.05, 0.1) is 12.1 Å². The molecule has 1 amide bonds. The summed E-state index contributed by atoms with van der Waals surface area (Å²) in [5, 5.41) is 12.7. The Morgan fingerprint density at radius 3 is 2.86 bits per heavy atom. The third kappa shape index (κ3) is 3.36. The Kier molecular flexibility index (Phi) is 4.12. The number of nitrogens with zero attached hydrogens (tertiary/aromatic N) is 1. The highest BCUT2D eigenvalue weighted by Crippen LogP contribution is 2.29. The molecule has 2 aliphatic heterocycles. The minimum absolute atomic E-state index is 0.0471. The van der Waals surface area contributed by atoms with Gasteiger partial charge >= 0.3 is 0 Å². The molecule has 2 fully saturated rings. The van der Waals surface area contributed by atoms with Crippen molar-refractivity contribution in [2.45, 2.75) is 31.4 Å². The van der Waals surface area contributed by atoms with Gasteiger partial charge in [0.1, 0.15) is 12.4 Å². The van der Waals surface area contributed by atoms with E-state index in [1.165, 1.54) is 0 Å². The van der Waals surface area contributed by atoms with Crippen molar-refractivity contribution < 1.29 is 14.6 Å². The van der Waals surface area contributed by atoms with Crippen molar-refractivity contribution in [3.8, 4) is 5.75 Å². The molecule has 1 atom stereocenters. The lowest BCUT2D eigenvalue weighted by atomic mass is 9.92. The first-order valence-electron chi connectivity index (χ1n) is 7.57. The molecule has 1 aromatic rings. The summed E-state index contributed by atoms with van der Waals surface area (Å²) in [4.78, 5) is 14.0. The molecule has 1 unspecified atom stereocenters. The smallest absolute Gasteiger partial charge is 0.248 e. The Morgan fingerprint density at radius 2 is 2.05 bits per heavy atom. The van der Waals surface area contributed by atoms with E-state index < -0.39 is 0 Å². The maximum atomic E-state index is 12.1. The Bertz CT molecular complexity index is 493. The van der Waals surface area contributed by atoms with E-state index in [0.717, 1.165) is 37.9 Å². The average Bonchev–Trinajstić information content (AvgIpc) is 2.71. The number of phenolic OH excluding ortho intramolecular Hbond substituents is 1. The number of benzene rings is 1. The number of ether oxygens (including phenoxy) is 1. The Morgan fingerprint density at radius 1 is 1.24 bits per heavy atom. The molecule has 5 nitrogen and oxygen atoms in total. The summed E-state index contributed by atoms with van der Waals surface area (Å²) in [6.07, 6.45) is 3.03. The molecule has 2 N–H and O–H groups in total. The summed E-state index contributed by atoms with van der Waals surface area (Å²) < 4.78 is 5.91. The second-order valence-electron chi connectivity index (χ2n) is 5.99. The molecular weight excluding hydrogens is 268 g/mol. The minimum Gasteiger partial charge on any atom is -0.508 e. The highest BCUT2D eigenvalue weighted by molar-refractivity contribution is 5.78. The number of aromatic hydroxyl groups is 1. The molecule has 0 aromatic heterocycles. The van der Waals surface area contributed by atoms with Crippen LogP contribution in [0.2, 0.25) is 0 Å². The molecule has 0 saturated carbocycles. The topological polar surface area (TPSA) is 61.8 Å². The van der Waals surface area contributed by atoms with Gasteiger partial charge in [-0.05, 0) is 50.0 Å². The molecule has 0 radical (unpaired) electrons. The SMILES string of the molecule is O=C1COC2(CCCNCC2)CN1Cc1ccc(O)cc1. The molecule has 2 heterocycles. The third-order valence-electron chi connectivity index (χ3n) is 4.39. The first-order valence-corrected chi connectivity index (χ1v) is 7.57. The molecule has 2 saturated heterocycles. The van der Waals surface area contributed by atoms with Crippen molar-refractivity contribution in [1.29, 1.82) is 0 Å². The van der Waals surface area contributed by atoms with Crippen LogP contribution in [0, 0.1) is 0 Å². The van der Waals surface area contributed by atoms with Crippen LogP contribution in [0.15, 0.2) is 24.3 Å². The van der Waals surface area contributed by atoms with Crippen LogP contribution in [0.3, 0.4) is 0 Å². The number of rotatable bonds is 2. The van der Waals surface area contributed by atoms with Crippen LogP contribution in [0.4, 0.5) is 0 Å². The van der Waals surface area contributed by atoms with Gasteiger partial charge in [-0.3, -0.25) is 4.79 Å². The van der Waals surface area contributed by atoms with Gasteiger partial charge < -0.3 is 20.1 Å². The van der Waals surface area contributed by atoms with Crippen molar-refractivity contribution in [2.24, 2.45) is 0 Å². The number of nitrogens with one attached hydrogen (secondary N) is 1. The van der Waals surface area contributed by atoms with E-state index in [2.05, 4.69) is 5.32 Å². The van der Waals surface area contributed by atoms with E-state index in [-0.39, 0.29) is 23.9 Å². The zero-order valence-electron chi connectivity index (χ0n) is 12.2. The van der Waals surface area contributed by atoms with Gasteiger partial charge in [0.2, 0.25) is 5.91 Å². The first-order chi connectivity index (χ1) is 10.2. The highest BCUT2D eigenvalue weighted by Gasteiger charge is 2.39. The molecule has 1 spiro atoms. The van der Waals surface area contributed by atoms with Gasteiger partial charge in [0.25, 0.3) is 0 Å². The number of carbonyl (C=O) groups is 1. The summed E-state index contributed by atoms with van der Waals surface area (Å²) >= 11 is 0. The summed E-state index contributed by atoms with van der Waals surface area (Å²) in [5.41, 5.74) is 0.846. The van der Waals surface area contributed by atoms with Gasteiger partial charge in [-0.25, -0.2) is 0 Å². The lowest BCUT2D eigenvalue weighted by molar-refractivity contribution is -0.166. The number of hydrogen-bond donors (Lipinski definition) is 2. The molecule has 5 heteroatoms. The highest BCUT2D eigenvalue weighted by atomic mass is 16.5. The van der Waals surface area contributed by atoms with Crippen LogP contribution in [0.1, 0.15) is 24.8 Å². The average molecular weight is 290 g/mol. The monoisotopic (exact) mass is 290 g/mol. The lowest BCUT2D eigenvalue weighted by Gasteiger charge is -2.42. The van der Waals surface area contributed by atoms with Crippen LogP contribution in [0.25, 0.3) is 0 Å². The summed E-state index contributed by atoms with van der Waals surface area (Å²) in [5.74, 6) is 0.296. The summed E-state index contributed by atoms with van der Waals surface area (Å²) in [6, 6.07) is 7.04. The first kappa shape index (κ1) is 14.4. The zero-order chi connectivity index (χ0) is 14.7. The van der Waals surface area contributed by atoms with Gasteiger partial charge in [0.15, 0.2) is 0 Å². The number of carbonyl (C=O) groups excluding carboxylic acids is 1. The van der Waals surface area contributed by atoms with E-state index in [4.69, 9.17) is 4.74 Å². The minimum atomic E-state index is -0.186. The van der Waals surface area contributed by atoms with Gasteiger partial charge in [-0.15, -0.1) is 0 Å². The standard InChI is InChI=1S/C16H22N2O3/c19-14-4-2-13(3-5-14)10-18-12-16(21-11-15(18)20)6-1-8-17-9-7-16/h2-5,17,19H,1,6-12H2. The van der Waals surface area contributed by atoms with Crippen LogP contribution < -0.4 is 5.32 Å². The normalized spacial score (nSPS) is 26.9. The number of phenols is 1. The van der Waals surface area contributed by atoms with Gasteiger partial charge in [-0.2, -0.15) is 0 Å². The molecule has 1 aromatic carbocycles. The van der Waals surface area contributed by atoms with Crippen LogP contribution >= 0.6 is 0 Å². The number of amides is 1. The molecule has 0 aliphatic carbocycles. The maximum Gasteiger partial charge on any atom is 0.248 e. The predicted molar refractivity (Wildman–Crippen MR) is 78.9 cm³/mol. The molecule has 0 bridgehead atoms. The van der Waals surface area contributed by atoms with E-state index in [9.17, 15) is 9.90 Å². The fourth-order valence-corrected chi connectivity index (χ4v) is 3.16. The third-order valence-corrected chi connectivity index (χ3v) is 4.39. The molecule has 2 aliphatic rings. The Hall–Kier alpha value is -1.59. The van der Waals surface area contributed by atoms with E-state index >= 15 is 0 Å². The second kappa shape index (κ2) is 6.03. The Labute approximate surface area is 124 Å². The fraction of sp³-hybridized carbons (Fsp3) is 0.562. The lowest BCUT2D eigenvalue weighted by Crippen LogP contribution is -2.54. The maximum absolute atomic E-state index is 12.1. The predicted octanol–water partition coefficient (Wildman–Crippen LogP) is 1.26. The van der Waals surface area contributed by atoms with Crippen molar-refractivity contribution >= 4 is 5.91 Å². The van der Waals surface area contributed by atoms with Gasteiger partial charge in [0, 0.05) is 6.54 Å². The van der Waals surface area contributed by atoms with Crippen molar-refractivity contribution in [2.75, 3.05) is 26.2 Å². The van der Waals surface area contributed by atoms with E-state index in [1.54, 1.807) is 12.1 Å². The largest absolute Gasteiger partial charge is 0.508 e. The van der Waals surface area contributed by atoms with Crippen molar-refractivity contribution in [3.05, 3.63) is 29.8 Å². The van der Waals surface area contributed by atoms with E-state index in [1.807, 2.05) is 17.0 Å². The fourth-order valence-electron chi connectivity index (χ4n) is 3.16. The Balaban J connectivity index is 1.71. The number of morpholine rings is 1. The second-order valence-corrected chi connectivity index (χ2v) is 5.99. The quantitative estimate of drug-likeness (QED) is 0.861. The zero-order valence-corrected chi connectivity index (χ0v) is 12.2. The van der Waals surface area contributed by atoms with Gasteiger partial charge in [-0.1, -0.05) is 12.1 Å². The molecule has 3 rings (SSSR count). The van der Waals surface area contributed by atoms with Crippen LogP contribution in [-0.2, 0) is 16.1 Å². The van der Waals surface area contributed by atoms with Crippen LogP contribution in [0.5, 0.6) is 5.75 Å².